The van der Waals surface area contributed by atoms with E-state index in [1.54, 1.807) is 0 Å². The molecule has 0 aliphatic carbocycles. The van der Waals surface area contributed by atoms with Crippen LogP contribution in [0.3, 0.4) is 0 Å². The summed E-state index contributed by atoms with van der Waals surface area (Å²) in [6.45, 7) is 1.77. The Morgan fingerprint density at radius 3 is 2.88 bits per heavy atom. The third-order valence-electron chi connectivity index (χ3n) is 3.99. The smallest absolute Gasteiger partial charge is 0.352 e. The van der Waals surface area contributed by atoms with Crippen LogP contribution < -0.4 is 10.6 Å². The summed E-state index contributed by atoms with van der Waals surface area (Å²) in [6.07, 6.45) is -1.62. The number of fused-ring (bicyclic) bond motifs is 1. The lowest BCUT2D eigenvalue weighted by molar-refractivity contribution is -0.137. The number of carbonyl (C=O) groups excluding carboxylic acids is 1. The van der Waals surface area contributed by atoms with Gasteiger partial charge in [0.05, 0.1) is 20.8 Å². The zero-order chi connectivity index (χ0) is 17.2. The number of thiazole rings is 1. The maximum atomic E-state index is 12.7. The summed E-state index contributed by atoms with van der Waals surface area (Å²) in [5.74, 6) is -0.0427. The van der Waals surface area contributed by atoms with Crippen LogP contribution >= 0.6 is 23.7 Å². The standard InChI is InChI=1S/C16H18F3N3OS.ClH/c17-16(18,19)10-3-4-13-12(8-10)22-15(24-13)6-5-14(23)21-11-2-1-7-20-9-11;/h3-4,8,11,20H,1-2,5-7,9H2,(H,21,23);1H/t11-;/m0./s1. The SMILES string of the molecule is Cl.O=C(CCc1nc2cc(C(F)(F)F)ccc2s1)N[C@H]1CCCNC1. The first kappa shape index (κ1) is 19.9. The number of piperidine rings is 1. The molecule has 2 N–H and O–H groups in total. The number of halogens is 4. The average Bonchev–Trinajstić information content (AvgIpc) is 2.95. The predicted molar refractivity (Wildman–Crippen MR) is 94.2 cm³/mol. The summed E-state index contributed by atoms with van der Waals surface area (Å²) in [5, 5.41) is 6.89. The van der Waals surface area contributed by atoms with Gasteiger partial charge in [-0.3, -0.25) is 4.79 Å². The number of amides is 1. The van der Waals surface area contributed by atoms with Crippen LogP contribution in [0.15, 0.2) is 18.2 Å². The number of alkyl halides is 3. The molecule has 1 aliphatic heterocycles. The monoisotopic (exact) mass is 393 g/mol. The van der Waals surface area contributed by atoms with E-state index < -0.39 is 11.7 Å². The fourth-order valence-electron chi connectivity index (χ4n) is 2.75. The fourth-order valence-corrected chi connectivity index (χ4v) is 3.70. The molecule has 2 heterocycles. The Hall–Kier alpha value is -1.38. The lowest BCUT2D eigenvalue weighted by atomic mass is 10.1. The molecular weight excluding hydrogens is 375 g/mol. The zero-order valence-electron chi connectivity index (χ0n) is 13.4. The number of carbonyl (C=O) groups is 1. The molecule has 2 aromatic rings. The van der Waals surface area contributed by atoms with Gasteiger partial charge in [-0.1, -0.05) is 0 Å². The lowest BCUT2D eigenvalue weighted by Gasteiger charge is -2.23. The molecule has 138 valence electrons. The van der Waals surface area contributed by atoms with Crippen molar-refractivity contribution in [3.8, 4) is 0 Å². The third-order valence-corrected chi connectivity index (χ3v) is 5.08. The Kier molecular flexibility index (Phi) is 6.65. The van der Waals surface area contributed by atoms with Crippen molar-refractivity contribution in [2.75, 3.05) is 13.1 Å². The molecule has 9 heteroatoms. The minimum absolute atomic E-state index is 0. The highest BCUT2D eigenvalue weighted by atomic mass is 35.5. The highest BCUT2D eigenvalue weighted by molar-refractivity contribution is 7.18. The molecular formula is C16H19ClF3N3OS. The summed E-state index contributed by atoms with van der Waals surface area (Å²) < 4.78 is 38.9. The summed E-state index contributed by atoms with van der Waals surface area (Å²) in [5.41, 5.74) is -0.365. The fraction of sp³-hybridized carbons (Fsp3) is 0.500. The van der Waals surface area contributed by atoms with Gasteiger partial charge in [-0.2, -0.15) is 13.2 Å². The number of aromatic nitrogens is 1. The quantitative estimate of drug-likeness (QED) is 0.835. The molecule has 1 atom stereocenters. The maximum absolute atomic E-state index is 12.7. The van der Waals surface area contributed by atoms with Crippen molar-refractivity contribution in [1.82, 2.24) is 15.6 Å². The van der Waals surface area contributed by atoms with Crippen LogP contribution in [-0.2, 0) is 17.4 Å². The van der Waals surface area contributed by atoms with Gasteiger partial charge in [-0.05, 0) is 37.6 Å². The largest absolute Gasteiger partial charge is 0.416 e. The van der Waals surface area contributed by atoms with Crippen LogP contribution in [0.2, 0.25) is 0 Å². The first-order valence-corrected chi connectivity index (χ1v) is 8.70. The highest BCUT2D eigenvalue weighted by Gasteiger charge is 2.30. The number of nitrogens with one attached hydrogen (secondary N) is 2. The number of benzene rings is 1. The molecule has 3 rings (SSSR count). The molecule has 0 spiro atoms. The van der Waals surface area contributed by atoms with Gasteiger partial charge in [0, 0.05) is 25.4 Å². The van der Waals surface area contributed by atoms with Crippen molar-refractivity contribution in [1.29, 1.82) is 0 Å². The Morgan fingerprint density at radius 1 is 1.40 bits per heavy atom. The van der Waals surface area contributed by atoms with Gasteiger partial charge in [-0.15, -0.1) is 23.7 Å². The van der Waals surface area contributed by atoms with Gasteiger partial charge in [0.25, 0.3) is 0 Å². The number of hydrogen-bond donors (Lipinski definition) is 2. The van der Waals surface area contributed by atoms with E-state index in [9.17, 15) is 18.0 Å². The second kappa shape index (κ2) is 8.33. The topological polar surface area (TPSA) is 54.0 Å². The summed E-state index contributed by atoms with van der Waals surface area (Å²) in [6, 6.07) is 3.72. The van der Waals surface area contributed by atoms with Gasteiger partial charge < -0.3 is 10.6 Å². The molecule has 1 amide bonds. The molecule has 25 heavy (non-hydrogen) atoms. The molecule has 1 saturated heterocycles. The zero-order valence-corrected chi connectivity index (χ0v) is 15.0. The van der Waals surface area contributed by atoms with E-state index in [1.807, 2.05) is 0 Å². The van der Waals surface area contributed by atoms with E-state index in [0.29, 0.717) is 28.1 Å². The molecule has 1 aromatic heterocycles. The lowest BCUT2D eigenvalue weighted by Crippen LogP contribution is -2.45. The minimum Gasteiger partial charge on any atom is -0.352 e. The van der Waals surface area contributed by atoms with Crippen LogP contribution in [0.25, 0.3) is 10.2 Å². The highest BCUT2D eigenvalue weighted by Crippen LogP contribution is 2.33. The number of rotatable bonds is 4. The van der Waals surface area contributed by atoms with Crippen molar-refractivity contribution in [2.45, 2.75) is 37.9 Å². The maximum Gasteiger partial charge on any atom is 0.416 e. The van der Waals surface area contributed by atoms with Crippen molar-refractivity contribution in [3.63, 3.8) is 0 Å². The molecule has 0 saturated carbocycles. The first-order chi connectivity index (χ1) is 11.4. The Balaban J connectivity index is 0.00000225. The van der Waals surface area contributed by atoms with E-state index in [4.69, 9.17) is 0 Å². The van der Waals surface area contributed by atoms with Crippen LogP contribution in [0.4, 0.5) is 13.2 Å². The normalized spacial score (nSPS) is 18.0. The Morgan fingerprint density at radius 2 is 2.20 bits per heavy atom. The second-order valence-electron chi connectivity index (χ2n) is 5.90. The summed E-state index contributed by atoms with van der Waals surface area (Å²) in [4.78, 5) is 16.2. The third kappa shape index (κ3) is 5.29. The molecule has 0 bridgehead atoms. The van der Waals surface area contributed by atoms with Gasteiger partial charge in [0.2, 0.25) is 5.91 Å². The second-order valence-corrected chi connectivity index (χ2v) is 7.01. The predicted octanol–water partition coefficient (Wildman–Crippen LogP) is 3.54. The Bertz CT molecular complexity index is 729. The molecule has 4 nitrogen and oxygen atoms in total. The van der Waals surface area contributed by atoms with Crippen molar-refractivity contribution in [2.24, 2.45) is 0 Å². The van der Waals surface area contributed by atoms with Crippen molar-refractivity contribution < 1.29 is 18.0 Å². The van der Waals surface area contributed by atoms with Crippen molar-refractivity contribution >= 4 is 39.9 Å². The molecule has 1 aliphatic rings. The number of aryl methyl sites for hydroxylation is 1. The molecule has 1 aromatic carbocycles. The van der Waals surface area contributed by atoms with Crippen molar-refractivity contribution in [3.05, 3.63) is 28.8 Å². The van der Waals surface area contributed by atoms with Crippen LogP contribution in [-0.4, -0.2) is 30.0 Å². The molecule has 0 radical (unpaired) electrons. The molecule has 0 unspecified atom stereocenters. The molecule has 1 fully saturated rings. The summed E-state index contributed by atoms with van der Waals surface area (Å²) >= 11 is 1.33. The van der Waals surface area contributed by atoms with Crippen LogP contribution in [0.5, 0.6) is 0 Å². The van der Waals surface area contributed by atoms with E-state index in [0.717, 1.165) is 38.1 Å². The van der Waals surface area contributed by atoms with Gasteiger partial charge in [0.15, 0.2) is 0 Å². The first-order valence-electron chi connectivity index (χ1n) is 7.88. The van der Waals surface area contributed by atoms with E-state index >= 15 is 0 Å². The van der Waals surface area contributed by atoms with Gasteiger partial charge >= 0.3 is 6.18 Å². The van der Waals surface area contributed by atoms with E-state index in [2.05, 4.69) is 15.6 Å². The van der Waals surface area contributed by atoms with Crippen LogP contribution in [0.1, 0.15) is 29.8 Å². The Labute approximate surface area is 153 Å². The van der Waals surface area contributed by atoms with E-state index in [-0.39, 0.29) is 24.4 Å². The van der Waals surface area contributed by atoms with Gasteiger partial charge in [-0.25, -0.2) is 4.98 Å². The minimum atomic E-state index is -4.37. The van der Waals surface area contributed by atoms with Crippen LogP contribution in [0, 0.1) is 0 Å². The number of nitrogens with zero attached hydrogens (tertiary/aromatic N) is 1. The summed E-state index contributed by atoms with van der Waals surface area (Å²) in [7, 11) is 0. The van der Waals surface area contributed by atoms with E-state index in [1.165, 1.54) is 17.4 Å². The van der Waals surface area contributed by atoms with Gasteiger partial charge in [0.1, 0.15) is 0 Å². The average molecular weight is 394 g/mol. The number of hydrogen-bond acceptors (Lipinski definition) is 4.